The Morgan fingerprint density at radius 1 is 0.471 bits per heavy atom. The van der Waals surface area contributed by atoms with E-state index in [1.807, 2.05) is 136 Å². The van der Waals surface area contributed by atoms with Crippen molar-refractivity contribution >= 4 is 189 Å². The van der Waals surface area contributed by atoms with Gasteiger partial charge in [-0.3, -0.25) is 38.7 Å². The van der Waals surface area contributed by atoms with Crippen molar-refractivity contribution in [3.05, 3.63) is 44.7 Å². The van der Waals surface area contributed by atoms with Crippen molar-refractivity contribution in [1.82, 2.24) is 14.7 Å². The summed E-state index contributed by atoms with van der Waals surface area (Å²) in [6.07, 6.45) is 0. The molecule has 17 nitrogen and oxygen atoms in total. The molecule has 0 saturated heterocycles. The van der Waals surface area contributed by atoms with Crippen LogP contribution in [0.25, 0.3) is 0 Å². The second kappa shape index (κ2) is 21.8. The lowest BCUT2D eigenvalue weighted by molar-refractivity contribution is -0.140. The van der Waals surface area contributed by atoms with Gasteiger partial charge in [-0.05, 0) is 148 Å². The standard InChI is InChI=1S/C28H27I6N5O12/c29-12-5-14(31)25(23(33)21(12)27(48)49)35-16(40)7-38(10-19(44)45)3-1-37(9-18(42)43)2-4-39(11-20(46)47)8-17(41)36-26-15(32)6-13(30)22(24(26)34)28(50)51/h5-6H,1-4,7-11H2,(H,35,40)(H,36,41)(H,42,43)(H,44,45)(H,46,47)(H,48,49)(H,50,51). The largest absolute Gasteiger partial charge is 0.480 e. The SMILES string of the molecule is O=C(O)CN(CCN(CC(=O)O)CC(=O)Nc1c(I)cc(I)c(C(=O)O)c1I)CCN(CC(=O)O)CC(=O)Nc1c(I)cc(I)c(C(=O)O)c1I. The van der Waals surface area contributed by atoms with E-state index in [9.17, 15) is 59.1 Å². The number of hydrogen-bond acceptors (Lipinski definition) is 10. The van der Waals surface area contributed by atoms with Gasteiger partial charge < -0.3 is 36.2 Å². The highest BCUT2D eigenvalue weighted by Crippen LogP contribution is 2.33. The van der Waals surface area contributed by atoms with Crippen LogP contribution in [0.5, 0.6) is 0 Å². The highest BCUT2D eigenvalue weighted by atomic mass is 127. The number of nitrogens with one attached hydrogen (secondary N) is 2. The molecule has 51 heavy (non-hydrogen) atoms. The molecule has 2 aromatic rings. The number of carbonyl (C=O) groups is 7. The number of carbonyl (C=O) groups excluding carboxylic acids is 2. The van der Waals surface area contributed by atoms with Crippen molar-refractivity contribution in [3.8, 4) is 0 Å². The van der Waals surface area contributed by atoms with Gasteiger partial charge in [-0.2, -0.15) is 0 Å². The third-order valence-corrected chi connectivity index (χ3v) is 12.1. The van der Waals surface area contributed by atoms with Crippen molar-refractivity contribution in [3.63, 3.8) is 0 Å². The molecule has 278 valence electrons. The molecule has 0 bridgehead atoms. The minimum absolute atomic E-state index is 0.000248. The summed E-state index contributed by atoms with van der Waals surface area (Å²) in [7, 11) is 0. The third-order valence-electron chi connectivity index (χ3n) is 6.57. The number of benzene rings is 2. The molecule has 7 N–H and O–H groups in total. The van der Waals surface area contributed by atoms with Crippen LogP contribution < -0.4 is 10.6 Å². The maximum Gasteiger partial charge on any atom is 0.337 e. The van der Waals surface area contributed by atoms with Gasteiger partial charge >= 0.3 is 29.8 Å². The Labute approximate surface area is 371 Å². The molecular formula is C28H27I6N5O12. The summed E-state index contributed by atoms with van der Waals surface area (Å²) in [4.78, 5) is 88.3. The zero-order chi connectivity index (χ0) is 38.7. The normalized spacial score (nSPS) is 11.2. The second-order valence-electron chi connectivity index (χ2n) is 10.4. The first-order valence-corrected chi connectivity index (χ1v) is 20.4. The smallest absolute Gasteiger partial charge is 0.337 e. The molecule has 0 saturated carbocycles. The Morgan fingerprint density at radius 3 is 1.06 bits per heavy atom. The lowest BCUT2D eigenvalue weighted by atomic mass is 10.2. The minimum Gasteiger partial charge on any atom is -0.480 e. The molecule has 0 aliphatic heterocycles. The first-order valence-electron chi connectivity index (χ1n) is 13.9. The summed E-state index contributed by atoms with van der Waals surface area (Å²) in [5.74, 6) is -7.39. The van der Waals surface area contributed by atoms with Crippen LogP contribution >= 0.6 is 136 Å². The Hall–Kier alpha value is -1.01. The molecule has 0 heterocycles. The highest BCUT2D eigenvalue weighted by Gasteiger charge is 2.25. The number of halogens is 6. The van der Waals surface area contributed by atoms with E-state index in [-0.39, 0.29) is 55.8 Å². The monoisotopic (exact) mass is 1390 g/mol. The summed E-state index contributed by atoms with van der Waals surface area (Å²) >= 11 is 11.2. The fraction of sp³-hybridized carbons (Fsp3) is 0.321. The minimum atomic E-state index is -1.26. The van der Waals surface area contributed by atoms with Crippen LogP contribution in [-0.4, -0.2) is 141 Å². The lowest BCUT2D eigenvalue weighted by Gasteiger charge is -2.28. The summed E-state index contributed by atoms with van der Waals surface area (Å²) in [5, 5.41) is 52.9. The zero-order valence-electron chi connectivity index (χ0n) is 25.7. The summed E-state index contributed by atoms with van der Waals surface area (Å²) in [5.41, 5.74) is 0.496. The van der Waals surface area contributed by atoms with Crippen LogP contribution in [0.15, 0.2) is 12.1 Å². The van der Waals surface area contributed by atoms with Gasteiger partial charge in [0.05, 0.1) is 62.4 Å². The molecule has 2 rings (SSSR count). The highest BCUT2D eigenvalue weighted by molar-refractivity contribution is 14.1. The van der Waals surface area contributed by atoms with E-state index in [2.05, 4.69) is 10.6 Å². The van der Waals surface area contributed by atoms with Crippen molar-refractivity contribution in [1.29, 1.82) is 0 Å². The summed E-state index contributed by atoms with van der Waals surface area (Å²) in [6, 6.07) is 3.16. The van der Waals surface area contributed by atoms with Gasteiger partial charge in [-0.25, -0.2) is 9.59 Å². The number of rotatable bonds is 20. The number of aromatic carboxylic acids is 2. The summed E-state index contributed by atoms with van der Waals surface area (Å²) < 4.78 is 2.62. The van der Waals surface area contributed by atoms with Gasteiger partial charge in [-0.1, -0.05) is 0 Å². The summed E-state index contributed by atoms with van der Waals surface area (Å²) in [6.45, 7) is -2.85. The van der Waals surface area contributed by atoms with Crippen molar-refractivity contribution < 1.29 is 59.1 Å². The first-order chi connectivity index (χ1) is 23.7. The van der Waals surface area contributed by atoms with Crippen LogP contribution in [0.2, 0.25) is 0 Å². The number of amides is 2. The molecule has 0 aliphatic carbocycles. The van der Waals surface area contributed by atoms with Gasteiger partial charge in [-0.15, -0.1) is 0 Å². The van der Waals surface area contributed by atoms with E-state index >= 15 is 0 Å². The molecule has 0 aromatic heterocycles. The quantitative estimate of drug-likeness (QED) is 0.0938. The molecule has 23 heteroatoms. The molecule has 0 radical (unpaired) electrons. The number of anilines is 2. The Bertz CT molecular complexity index is 1610. The molecule has 0 unspecified atom stereocenters. The first kappa shape index (κ1) is 46.1. The van der Waals surface area contributed by atoms with Gasteiger partial charge in [0.15, 0.2) is 0 Å². The number of hydrogen-bond donors (Lipinski definition) is 7. The zero-order valence-corrected chi connectivity index (χ0v) is 38.7. The molecule has 2 amide bonds. The average Bonchev–Trinajstić information content (AvgIpc) is 2.97. The number of carboxylic acid groups (broad SMARTS) is 5. The van der Waals surface area contributed by atoms with Crippen LogP contribution in [-0.2, 0) is 24.0 Å². The van der Waals surface area contributed by atoms with Gasteiger partial charge in [0.1, 0.15) is 0 Å². The van der Waals surface area contributed by atoms with Crippen LogP contribution in [0, 0.1) is 21.4 Å². The maximum absolute atomic E-state index is 13.0. The predicted molar refractivity (Wildman–Crippen MR) is 233 cm³/mol. The second-order valence-corrected chi connectivity index (χ2v) is 17.2. The molecule has 0 fully saturated rings. The van der Waals surface area contributed by atoms with E-state index in [0.29, 0.717) is 14.3 Å². The molecule has 0 atom stereocenters. The third kappa shape index (κ3) is 15.0. The molecule has 0 spiro atoms. The molecule has 2 aromatic carbocycles. The molecule has 0 aliphatic rings. The van der Waals surface area contributed by atoms with Crippen LogP contribution in [0.4, 0.5) is 11.4 Å². The van der Waals surface area contributed by atoms with Crippen molar-refractivity contribution in [2.75, 3.05) is 69.5 Å². The van der Waals surface area contributed by atoms with Gasteiger partial charge in [0.2, 0.25) is 11.8 Å². The van der Waals surface area contributed by atoms with E-state index in [4.69, 9.17) is 0 Å². The fourth-order valence-electron chi connectivity index (χ4n) is 4.40. The van der Waals surface area contributed by atoms with Crippen molar-refractivity contribution in [2.24, 2.45) is 0 Å². The van der Waals surface area contributed by atoms with E-state index < -0.39 is 74.4 Å². The van der Waals surface area contributed by atoms with Crippen LogP contribution in [0.1, 0.15) is 20.7 Å². The van der Waals surface area contributed by atoms with Gasteiger partial charge in [0.25, 0.3) is 0 Å². The number of carboxylic acids is 5. The maximum atomic E-state index is 13.0. The predicted octanol–water partition coefficient (Wildman–Crippen LogP) is 3.45. The van der Waals surface area contributed by atoms with E-state index in [1.165, 1.54) is 14.7 Å². The van der Waals surface area contributed by atoms with Crippen LogP contribution in [0.3, 0.4) is 0 Å². The van der Waals surface area contributed by atoms with Crippen molar-refractivity contribution in [2.45, 2.75) is 0 Å². The number of nitrogens with zero attached hydrogens (tertiary/aromatic N) is 3. The Balaban J connectivity index is 2.17. The lowest BCUT2D eigenvalue weighted by Crippen LogP contribution is -2.46. The Kier molecular flexibility index (Phi) is 19.7. The van der Waals surface area contributed by atoms with Gasteiger partial charge in [0, 0.05) is 40.5 Å². The fourth-order valence-corrected chi connectivity index (χ4v) is 12.6. The molecular weight excluding hydrogens is 1360 g/mol. The number of aliphatic carboxylic acids is 3. The average molecular weight is 1390 g/mol. The topological polar surface area (TPSA) is 254 Å². The van der Waals surface area contributed by atoms with E-state index in [1.54, 1.807) is 12.1 Å². The Morgan fingerprint density at radius 2 is 0.765 bits per heavy atom. The van der Waals surface area contributed by atoms with E-state index in [0.717, 1.165) is 0 Å².